The molecular formula is C30H26F6N2O5. The van der Waals surface area contributed by atoms with Crippen molar-refractivity contribution in [1.29, 1.82) is 0 Å². The van der Waals surface area contributed by atoms with Crippen molar-refractivity contribution in [2.45, 2.75) is 63.6 Å². The molecule has 1 heterocycles. The van der Waals surface area contributed by atoms with Crippen LogP contribution in [0.4, 0.5) is 26.3 Å². The lowest BCUT2D eigenvalue weighted by Gasteiger charge is -2.22. The number of rotatable bonds is 9. The number of amides is 2. The highest BCUT2D eigenvalue weighted by Gasteiger charge is 2.37. The maximum absolute atomic E-state index is 13.2. The van der Waals surface area contributed by atoms with Crippen LogP contribution in [0.15, 0.2) is 70.3 Å². The fourth-order valence-electron chi connectivity index (χ4n) is 4.38. The Morgan fingerprint density at radius 2 is 1.63 bits per heavy atom. The molecule has 2 amide bonds. The highest BCUT2D eigenvalue weighted by atomic mass is 19.4. The number of carbonyl (C=O) groups excluding carboxylic acids is 3. The molecule has 4 rings (SSSR count). The molecule has 1 saturated heterocycles. The maximum atomic E-state index is 13.2. The number of fused-ring (bicyclic) bond motifs is 1. The largest absolute Gasteiger partial charge is 0.416 e. The van der Waals surface area contributed by atoms with Crippen LogP contribution in [0.25, 0.3) is 6.08 Å². The van der Waals surface area contributed by atoms with Crippen LogP contribution in [0.2, 0.25) is 0 Å². The predicted molar refractivity (Wildman–Crippen MR) is 140 cm³/mol. The molecule has 13 heteroatoms. The first-order valence-corrected chi connectivity index (χ1v) is 13.4. The van der Waals surface area contributed by atoms with E-state index in [0.717, 1.165) is 18.9 Å². The molecule has 1 atom stereocenters. The number of halogens is 6. The van der Waals surface area contributed by atoms with E-state index >= 15 is 0 Å². The summed E-state index contributed by atoms with van der Waals surface area (Å²) < 4.78 is 84.5. The number of unbranched alkanes of at least 4 members (excludes halogenated alkanes) is 1. The van der Waals surface area contributed by atoms with E-state index < -0.39 is 41.1 Å². The second kappa shape index (κ2) is 13.4. The number of hydrogen-bond donors (Lipinski definition) is 2. The maximum Gasteiger partial charge on any atom is 0.416 e. The second-order valence-corrected chi connectivity index (χ2v) is 9.93. The van der Waals surface area contributed by atoms with Gasteiger partial charge in [0.05, 0.1) is 22.4 Å². The number of benzene rings is 1. The average molecular weight is 609 g/mol. The number of ether oxygens (including phenoxy) is 1. The molecule has 0 saturated carbocycles. The van der Waals surface area contributed by atoms with Gasteiger partial charge in [-0.05, 0) is 72.9 Å². The summed E-state index contributed by atoms with van der Waals surface area (Å²) in [6.07, 6.45) is -1.74. The third kappa shape index (κ3) is 8.92. The molecule has 1 unspecified atom stereocenters. The molecule has 43 heavy (non-hydrogen) atoms. The van der Waals surface area contributed by atoms with E-state index in [4.69, 9.17) is 9.57 Å². The van der Waals surface area contributed by atoms with E-state index in [0.29, 0.717) is 43.6 Å². The molecule has 0 radical (unpaired) electrons. The number of nitrogens with one attached hydrogen (secondary N) is 2. The molecule has 3 aliphatic rings. The topological polar surface area (TPSA) is 93.7 Å². The smallest absolute Gasteiger partial charge is 0.350 e. The third-order valence-electron chi connectivity index (χ3n) is 6.55. The number of alkyl halides is 6. The standard InChI is InChI=1S/C30H26F6N2O5/c31-29(32,33)21-14-18(15-22(17-21)30(34,35)36)13-20-9-8-19-16-23(10-11-24(19)28(20)41)37-25(39)5-1-2-6-26(40)38-43-27-7-3-4-12-42-27/h8-9,13-17,27H,1-7,12H2,(H,37,39)(H,38,40)/b20-13+. The number of carbonyl (C=O) groups is 3. The lowest BCUT2D eigenvalue weighted by Crippen LogP contribution is -2.33. The van der Waals surface area contributed by atoms with Gasteiger partial charge in [-0.25, -0.2) is 10.3 Å². The van der Waals surface area contributed by atoms with Crippen molar-refractivity contribution in [1.82, 2.24) is 10.8 Å². The first kappa shape index (κ1) is 31.8. The van der Waals surface area contributed by atoms with E-state index in [1.54, 1.807) is 0 Å². The fraction of sp³-hybridized carbons (Fsp3) is 0.367. The summed E-state index contributed by atoms with van der Waals surface area (Å²) in [6.45, 7) is 0.581. The number of hydroxylamine groups is 1. The molecule has 2 aliphatic carbocycles. The summed E-state index contributed by atoms with van der Waals surface area (Å²) >= 11 is 0. The van der Waals surface area contributed by atoms with Gasteiger partial charge in [0, 0.05) is 31.4 Å². The summed E-state index contributed by atoms with van der Waals surface area (Å²) in [5.74, 6) is -1.38. The fourth-order valence-corrected chi connectivity index (χ4v) is 4.38. The minimum atomic E-state index is -5.02. The SMILES string of the molecule is O=C(CCCCC(=O)NC1=C=C=C2C(=O)/C(=C/c3cc(C(F)(F)F)cc(C(F)(F)F)c3)C=CC2=C1)NOC1CCCCO1. The molecule has 1 aromatic rings. The van der Waals surface area contributed by atoms with E-state index in [2.05, 4.69) is 22.3 Å². The zero-order valence-corrected chi connectivity index (χ0v) is 22.6. The zero-order chi connectivity index (χ0) is 31.2. The summed E-state index contributed by atoms with van der Waals surface area (Å²) in [6, 6.07) is 1.06. The van der Waals surface area contributed by atoms with E-state index in [-0.39, 0.29) is 47.6 Å². The van der Waals surface area contributed by atoms with Crippen LogP contribution >= 0.6 is 0 Å². The van der Waals surface area contributed by atoms with Crippen LogP contribution < -0.4 is 10.8 Å². The Balaban J connectivity index is 1.35. The van der Waals surface area contributed by atoms with Gasteiger partial charge >= 0.3 is 12.4 Å². The number of allylic oxidation sites excluding steroid dienone is 6. The van der Waals surface area contributed by atoms with Crippen molar-refractivity contribution < 1.29 is 50.3 Å². The van der Waals surface area contributed by atoms with Gasteiger partial charge in [0.25, 0.3) is 0 Å². The predicted octanol–water partition coefficient (Wildman–Crippen LogP) is 6.00. The highest BCUT2D eigenvalue weighted by Crippen LogP contribution is 2.37. The van der Waals surface area contributed by atoms with Crippen molar-refractivity contribution in [3.63, 3.8) is 0 Å². The Hall–Kier alpha value is -4.15. The third-order valence-corrected chi connectivity index (χ3v) is 6.55. The molecule has 1 aliphatic heterocycles. The molecule has 1 fully saturated rings. The van der Waals surface area contributed by atoms with Crippen LogP contribution in [0, 0.1) is 0 Å². The van der Waals surface area contributed by atoms with Crippen molar-refractivity contribution in [2.24, 2.45) is 0 Å². The van der Waals surface area contributed by atoms with Crippen molar-refractivity contribution in [2.75, 3.05) is 6.61 Å². The van der Waals surface area contributed by atoms with Crippen molar-refractivity contribution in [3.05, 3.63) is 87.0 Å². The Kier molecular flexibility index (Phi) is 9.93. The van der Waals surface area contributed by atoms with Gasteiger partial charge in [0.15, 0.2) is 6.29 Å². The van der Waals surface area contributed by atoms with Gasteiger partial charge in [-0.15, -0.1) is 0 Å². The van der Waals surface area contributed by atoms with Gasteiger partial charge in [0.2, 0.25) is 17.6 Å². The Morgan fingerprint density at radius 3 is 2.26 bits per heavy atom. The average Bonchev–Trinajstić information content (AvgIpc) is 2.95. The first-order chi connectivity index (χ1) is 20.3. The van der Waals surface area contributed by atoms with Gasteiger partial charge < -0.3 is 10.1 Å². The van der Waals surface area contributed by atoms with Gasteiger partial charge in [-0.2, -0.15) is 26.3 Å². The summed E-state index contributed by atoms with van der Waals surface area (Å²) in [5.41, 5.74) is 4.51. The molecule has 0 spiro atoms. The molecule has 228 valence electrons. The Labute approximate surface area is 242 Å². The van der Waals surface area contributed by atoms with Crippen LogP contribution in [0.3, 0.4) is 0 Å². The summed E-state index contributed by atoms with van der Waals surface area (Å²) in [4.78, 5) is 42.4. The number of Topliss-reactive ketones (excluding diaryl/α,β-unsaturated/α-hetero) is 1. The molecule has 0 aromatic heterocycles. The quantitative estimate of drug-likeness (QED) is 0.118. The molecular weight excluding hydrogens is 582 g/mol. The normalized spacial score (nSPS) is 19.4. The van der Waals surface area contributed by atoms with E-state index in [1.165, 1.54) is 18.2 Å². The molecule has 1 aromatic carbocycles. The molecule has 2 N–H and O–H groups in total. The van der Waals surface area contributed by atoms with Gasteiger partial charge in [-0.1, -0.05) is 17.9 Å². The zero-order valence-electron chi connectivity index (χ0n) is 22.6. The van der Waals surface area contributed by atoms with Gasteiger partial charge in [-0.3, -0.25) is 14.4 Å². The summed E-state index contributed by atoms with van der Waals surface area (Å²) in [7, 11) is 0. The van der Waals surface area contributed by atoms with Crippen molar-refractivity contribution in [3.8, 4) is 0 Å². The second-order valence-electron chi connectivity index (χ2n) is 9.93. The Bertz CT molecular complexity index is 1450. The van der Waals surface area contributed by atoms with Gasteiger partial charge in [0.1, 0.15) is 0 Å². The van der Waals surface area contributed by atoms with E-state index in [9.17, 15) is 40.7 Å². The molecule has 0 bridgehead atoms. The minimum Gasteiger partial charge on any atom is -0.350 e. The van der Waals surface area contributed by atoms with E-state index in [1.807, 2.05) is 0 Å². The number of hydrogen-bond acceptors (Lipinski definition) is 5. The highest BCUT2D eigenvalue weighted by molar-refractivity contribution is 6.17. The lowest BCUT2D eigenvalue weighted by molar-refractivity contribution is -0.200. The van der Waals surface area contributed by atoms with Crippen LogP contribution in [0.5, 0.6) is 0 Å². The minimum absolute atomic E-state index is 0.00870. The van der Waals surface area contributed by atoms with Crippen LogP contribution in [-0.2, 0) is 36.3 Å². The van der Waals surface area contributed by atoms with Crippen molar-refractivity contribution >= 4 is 23.7 Å². The number of ketones is 1. The van der Waals surface area contributed by atoms with Crippen LogP contribution in [-0.4, -0.2) is 30.5 Å². The monoisotopic (exact) mass is 608 g/mol. The van der Waals surface area contributed by atoms with Crippen LogP contribution in [0.1, 0.15) is 61.6 Å². The molecule has 7 nitrogen and oxygen atoms in total. The lowest BCUT2D eigenvalue weighted by atomic mass is 9.88. The summed E-state index contributed by atoms with van der Waals surface area (Å²) in [5, 5.41) is 2.61. The first-order valence-electron chi connectivity index (χ1n) is 13.4. The Morgan fingerprint density at radius 1 is 0.953 bits per heavy atom.